The van der Waals surface area contributed by atoms with E-state index in [2.05, 4.69) is 16.4 Å². The Hall–Kier alpha value is -3.72. The SMILES string of the molecule is CN(C)CCC(O)(C1=C=C=CC=C1)C(c1ccc(F)cc1)c1cc(-c2ccccc2)c[nH]c1=O. The molecular formula is C29H27FN2O2. The van der Waals surface area contributed by atoms with Crippen LogP contribution in [0.5, 0.6) is 0 Å². The highest BCUT2D eigenvalue weighted by molar-refractivity contribution is 5.63. The van der Waals surface area contributed by atoms with E-state index in [1.165, 1.54) is 12.1 Å². The molecular weight excluding hydrogens is 427 g/mol. The van der Waals surface area contributed by atoms with Crippen LogP contribution >= 0.6 is 0 Å². The number of nitrogens with zero attached hydrogens (tertiary/aromatic N) is 1. The van der Waals surface area contributed by atoms with Crippen molar-refractivity contribution < 1.29 is 9.50 Å². The number of benzene rings is 2. The van der Waals surface area contributed by atoms with Crippen molar-refractivity contribution in [3.63, 3.8) is 0 Å². The molecule has 0 radical (unpaired) electrons. The van der Waals surface area contributed by atoms with Crippen molar-refractivity contribution in [2.45, 2.75) is 17.9 Å². The summed E-state index contributed by atoms with van der Waals surface area (Å²) in [6.07, 6.45) is 7.29. The minimum absolute atomic E-state index is 0.308. The number of pyridine rings is 1. The topological polar surface area (TPSA) is 56.3 Å². The monoisotopic (exact) mass is 454 g/mol. The number of rotatable bonds is 8. The largest absolute Gasteiger partial charge is 0.383 e. The molecule has 0 saturated carbocycles. The Morgan fingerprint density at radius 2 is 1.82 bits per heavy atom. The minimum Gasteiger partial charge on any atom is -0.383 e. The van der Waals surface area contributed by atoms with E-state index in [4.69, 9.17) is 0 Å². The fourth-order valence-corrected chi connectivity index (χ4v) is 4.32. The van der Waals surface area contributed by atoms with Crippen LogP contribution in [0.2, 0.25) is 0 Å². The minimum atomic E-state index is -1.50. The Labute approximate surface area is 198 Å². The van der Waals surface area contributed by atoms with Gasteiger partial charge in [-0.15, -0.1) is 0 Å². The van der Waals surface area contributed by atoms with Gasteiger partial charge in [-0.05, 0) is 67.6 Å². The lowest BCUT2D eigenvalue weighted by atomic mass is 9.71. The standard InChI is InChI=1S/C29H27FN2O2/c1-32(2)18-17-29(34,24-11-7-4-8-12-24)27(22-13-15-25(30)16-14-22)26-19-23(20-31-28(26)33)21-9-5-3-6-10-21/h3-7,9-11,13-16,19-20,27,34H,17-18H2,1-2H3,(H,31,33). The molecule has 1 heterocycles. The number of halogens is 1. The van der Waals surface area contributed by atoms with Gasteiger partial charge < -0.3 is 15.0 Å². The number of nitrogens with one attached hydrogen (secondary N) is 1. The highest BCUT2D eigenvalue weighted by Gasteiger charge is 2.43. The van der Waals surface area contributed by atoms with Crippen LogP contribution in [0.25, 0.3) is 11.1 Å². The van der Waals surface area contributed by atoms with E-state index in [0.717, 1.165) is 11.1 Å². The molecule has 0 aliphatic heterocycles. The number of H-pyrrole nitrogens is 1. The lowest BCUT2D eigenvalue weighted by Crippen LogP contribution is -2.43. The highest BCUT2D eigenvalue weighted by Crippen LogP contribution is 2.42. The Kier molecular flexibility index (Phi) is 6.93. The average Bonchev–Trinajstić information content (AvgIpc) is 2.86. The van der Waals surface area contributed by atoms with Crippen molar-refractivity contribution in [3.05, 3.63) is 129 Å². The molecule has 172 valence electrons. The van der Waals surface area contributed by atoms with Crippen LogP contribution in [0.15, 0.2) is 107 Å². The summed E-state index contributed by atoms with van der Waals surface area (Å²) in [6.45, 7) is 0.563. The summed E-state index contributed by atoms with van der Waals surface area (Å²) in [6, 6.07) is 17.5. The zero-order valence-electron chi connectivity index (χ0n) is 19.3. The Bertz CT molecular complexity index is 1340. The molecule has 34 heavy (non-hydrogen) atoms. The van der Waals surface area contributed by atoms with E-state index in [-0.39, 0.29) is 11.4 Å². The first-order valence-corrected chi connectivity index (χ1v) is 11.2. The summed E-state index contributed by atoms with van der Waals surface area (Å²) >= 11 is 0. The molecule has 1 aliphatic rings. The van der Waals surface area contributed by atoms with Gasteiger partial charge in [0.2, 0.25) is 0 Å². The molecule has 2 aromatic carbocycles. The van der Waals surface area contributed by atoms with E-state index in [1.54, 1.807) is 36.6 Å². The lowest BCUT2D eigenvalue weighted by molar-refractivity contribution is 0.0481. The van der Waals surface area contributed by atoms with Gasteiger partial charge in [0, 0.05) is 29.8 Å². The molecule has 1 aliphatic carbocycles. The summed E-state index contributed by atoms with van der Waals surface area (Å²) in [5.74, 6) is -1.15. The summed E-state index contributed by atoms with van der Waals surface area (Å²) in [5, 5.41) is 12.3. The van der Waals surface area contributed by atoms with E-state index in [0.29, 0.717) is 29.7 Å². The van der Waals surface area contributed by atoms with Crippen molar-refractivity contribution in [1.82, 2.24) is 9.88 Å². The smallest absolute Gasteiger partial charge is 0.251 e. The Balaban J connectivity index is 1.97. The number of aliphatic hydroxyl groups is 1. The second kappa shape index (κ2) is 10.0. The van der Waals surface area contributed by atoms with Crippen molar-refractivity contribution >= 4 is 0 Å². The van der Waals surface area contributed by atoms with Gasteiger partial charge in [0.15, 0.2) is 0 Å². The van der Waals surface area contributed by atoms with Crippen LogP contribution in [-0.2, 0) is 0 Å². The maximum atomic E-state index is 13.8. The molecule has 0 saturated heterocycles. The molecule has 0 bridgehead atoms. The van der Waals surface area contributed by atoms with Gasteiger partial charge in [-0.2, -0.15) is 0 Å². The Morgan fingerprint density at radius 3 is 2.47 bits per heavy atom. The summed E-state index contributed by atoms with van der Waals surface area (Å²) in [5.41, 5.74) is 7.49. The maximum Gasteiger partial charge on any atom is 0.251 e. The predicted molar refractivity (Wildman–Crippen MR) is 133 cm³/mol. The maximum absolute atomic E-state index is 13.8. The third kappa shape index (κ3) is 4.94. The van der Waals surface area contributed by atoms with Gasteiger partial charge in [-0.25, -0.2) is 4.39 Å². The third-order valence-corrected chi connectivity index (χ3v) is 6.09. The number of hydrogen-bond donors (Lipinski definition) is 2. The second-order valence-corrected chi connectivity index (χ2v) is 8.71. The third-order valence-electron chi connectivity index (χ3n) is 6.09. The predicted octanol–water partition coefficient (Wildman–Crippen LogP) is 4.80. The van der Waals surface area contributed by atoms with Gasteiger partial charge in [-0.3, -0.25) is 4.79 Å². The first-order valence-electron chi connectivity index (χ1n) is 11.2. The lowest BCUT2D eigenvalue weighted by Gasteiger charge is -2.38. The van der Waals surface area contributed by atoms with Gasteiger partial charge in [0.1, 0.15) is 11.4 Å². The van der Waals surface area contributed by atoms with E-state index >= 15 is 0 Å². The van der Waals surface area contributed by atoms with E-state index in [9.17, 15) is 14.3 Å². The molecule has 2 N–H and O–H groups in total. The van der Waals surface area contributed by atoms with Crippen LogP contribution in [-0.4, -0.2) is 41.2 Å². The van der Waals surface area contributed by atoms with Gasteiger partial charge >= 0.3 is 0 Å². The molecule has 4 nitrogen and oxygen atoms in total. The van der Waals surface area contributed by atoms with Gasteiger partial charge in [-0.1, -0.05) is 60.0 Å². The quantitative estimate of drug-likeness (QED) is 0.481. The number of aromatic amines is 1. The molecule has 3 aromatic rings. The van der Waals surface area contributed by atoms with Crippen LogP contribution in [0.3, 0.4) is 0 Å². The van der Waals surface area contributed by atoms with Crippen molar-refractivity contribution in [3.8, 4) is 11.1 Å². The molecule has 2 unspecified atom stereocenters. The fraction of sp³-hybridized carbons (Fsp3) is 0.207. The molecule has 0 spiro atoms. The zero-order valence-corrected chi connectivity index (χ0v) is 19.3. The zero-order chi connectivity index (χ0) is 24.1. The van der Waals surface area contributed by atoms with Crippen molar-refractivity contribution in [1.29, 1.82) is 0 Å². The van der Waals surface area contributed by atoms with Crippen LogP contribution in [0.1, 0.15) is 23.5 Å². The van der Waals surface area contributed by atoms with Crippen LogP contribution < -0.4 is 5.56 Å². The second-order valence-electron chi connectivity index (χ2n) is 8.71. The fourth-order valence-electron chi connectivity index (χ4n) is 4.32. The van der Waals surface area contributed by atoms with Crippen LogP contribution in [0, 0.1) is 5.82 Å². The van der Waals surface area contributed by atoms with Crippen LogP contribution in [0.4, 0.5) is 4.39 Å². The summed E-state index contributed by atoms with van der Waals surface area (Å²) < 4.78 is 13.8. The molecule has 1 aromatic heterocycles. The summed E-state index contributed by atoms with van der Waals surface area (Å²) in [4.78, 5) is 18.1. The number of aromatic nitrogens is 1. The molecule has 2 atom stereocenters. The normalized spacial score (nSPS) is 15.3. The van der Waals surface area contributed by atoms with Gasteiger partial charge in [0.05, 0.1) is 0 Å². The van der Waals surface area contributed by atoms with Crippen molar-refractivity contribution in [2.24, 2.45) is 0 Å². The van der Waals surface area contributed by atoms with Crippen molar-refractivity contribution in [2.75, 3.05) is 20.6 Å². The first kappa shape index (κ1) is 23.4. The van der Waals surface area contributed by atoms with Gasteiger partial charge in [0.25, 0.3) is 5.56 Å². The number of hydrogen-bond acceptors (Lipinski definition) is 3. The molecule has 0 fully saturated rings. The Morgan fingerprint density at radius 1 is 1.09 bits per heavy atom. The average molecular weight is 455 g/mol. The van der Waals surface area contributed by atoms with E-state index < -0.39 is 11.5 Å². The first-order chi connectivity index (χ1) is 16.4. The molecule has 5 heteroatoms. The number of allylic oxidation sites excluding steroid dienone is 2. The molecule has 0 amide bonds. The van der Waals surface area contributed by atoms with E-state index in [1.807, 2.05) is 55.4 Å². The highest BCUT2D eigenvalue weighted by atomic mass is 19.1. The molecule has 4 rings (SSSR count). The summed E-state index contributed by atoms with van der Waals surface area (Å²) in [7, 11) is 3.86.